The molecule has 148 valence electrons. The molecule has 0 saturated heterocycles. The van der Waals surface area contributed by atoms with Crippen LogP contribution in [-0.2, 0) is 15.5 Å². The van der Waals surface area contributed by atoms with Crippen molar-refractivity contribution in [2.45, 2.75) is 78.4 Å². The van der Waals surface area contributed by atoms with E-state index in [1.54, 1.807) is 0 Å². The van der Waals surface area contributed by atoms with Gasteiger partial charge < -0.3 is 9.05 Å². The van der Waals surface area contributed by atoms with Gasteiger partial charge in [-0.2, -0.15) is 0 Å². The van der Waals surface area contributed by atoms with Gasteiger partial charge in [0.1, 0.15) is 0 Å². The summed E-state index contributed by atoms with van der Waals surface area (Å²) in [7, 11) is 4.76. The lowest BCUT2D eigenvalue weighted by molar-refractivity contribution is 0.239. The van der Waals surface area contributed by atoms with Crippen molar-refractivity contribution in [2.24, 2.45) is 0 Å². The van der Waals surface area contributed by atoms with Crippen LogP contribution in [0.25, 0.3) is 0 Å². The topological polar surface area (TPSA) is 18.5 Å². The number of allylic oxidation sites excluding steroid dienone is 3. The maximum atomic E-state index is 5.51. The van der Waals surface area contributed by atoms with Gasteiger partial charge in [-0.05, 0) is 36.8 Å². The van der Waals surface area contributed by atoms with Crippen molar-refractivity contribution >= 4 is 18.9 Å². The fourth-order valence-electron chi connectivity index (χ4n) is 2.68. The van der Waals surface area contributed by atoms with Crippen LogP contribution in [0.2, 0.25) is 0 Å². The molecule has 0 radical (unpaired) electrons. The largest absolute Gasteiger partial charge is 0.358 e. The predicted molar refractivity (Wildman–Crippen MR) is 122 cm³/mol. The van der Waals surface area contributed by atoms with Crippen LogP contribution in [0.3, 0.4) is 0 Å². The van der Waals surface area contributed by atoms with Crippen molar-refractivity contribution < 1.29 is 9.05 Å². The normalized spacial score (nSPS) is 13.6. The molecule has 0 aromatic heterocycles. The Morgan fingerprint density at radius 1 is 1.04 bits per heavy atom. The minimum atomic E-state index is 0.161. The summed E-state index contributed by atoms with van der Waals surface area (Å²) in [5.41, 5.74) is 2.67. The number of aryl methyl sites for hydroxylation is 1. The fourth-order valence-corrected chi connectivity index (χ4v) is 3.25. The molecule has 4 atom stereocenters. The molecule has 0 saturated carbocycles. The quantitative estimate of drug-likeness (QED) is 0.271. The van der Waals surface area contributed by atoms with Crippen LogP contribution in [0.15, 0.2) is 48.6 Å². The molecule has 0 aliphatic rings. The van der Waals surface area contributed by atoms with Gasteiger partial charge in [0.05, 0.1) is 12.2 Å². The molecular formula is C22H38O2P2. The Morgan fingerprint density at radius 3 is 2.38 bits per heavy atom. The molecular weight excluding hydrogens is 358 g/mol. The zero-order chi connectivity index (χ0) is 19.6. The second kappa shape index (κ2) is 17.9. The highest BCUT2D eigenvalue weighted by atomic mass is 31.0. The van der Waals surface area contributed by atoms with E-state index in [4.69, 9.17) is 9.05 Å². The van der Waals surface area contributed by atoms with E-state index in [9.17, 15) is 0 Å². The van der Waals surface area contributed by atoms with E-state index in [0.717, 1.165) is 25.7 Å². The maximum Gasteiger partial charge on any atom is 0.0860 e. The summed E-state index contributed by atoms with van der Waals surface area (Å²) in [5.74, 6) is 0. The summed E-state index contributed by atoms with van der Waals surface area (Å²) in [6, 6.07) is 8.57. The minimum Gasteiger partial charge on any atom is -0.358 e. The van der Waals surface area contributed by atoms with E-state index in [1.807, 2.05) is 13.8 Å². The molecule has 1 aromatic carbocycles. The fraction of sp³-hybridized carbons (Fsp3) is 0.545. The summed E-state index contributed by atoms with van der Waals surface area (Å²) in [4.78, 5) is 0. The van der Waals surface area contributed by atoms with Crippen LogP contribution in [0.1, 0.15) is 77.0 Å². The van der Waals surface area contributed by atoms with Crippen LogP contribution >= 0.6 is 18.9 Å². The van der Waals surface area contributed by atoms with Crippen molar-refractivity contribution in [3.63, 3.8) is 0 Å². The Labute approximate surface area is 166 Å². The van der Waals surface area contributed by atoms with Crippen LogP contribution in [0.4, 0.5) is 0 Å². The first-order chi connectivity index (χ1) is 12.8. The first-order valence-corrected chi connectivity index (χ1v) is 10.8. The van der Waals surface area contributed by atoms with Gasteiger partial charge in [-0.25, -0.2) is 0 Å². The molecule has 1 rings (SSSR count). The number of unbranched alkanes of at least 4 members (excludes halogenated alkanes) is 1. The highest BCUT2D eigenvalue weighted by molar-refractivity contribution is 7.10. The highest BCUT2D eigenvalue weighted by Crippen LogP contribution is 2.27. The van der Waals surface area contributed by atoms with Gasteiger partial charge in [0.15, 0.2) is 0 Å². The molecule has 0 aliphatic carbocycles. The van der Waals surface area contributed by atoms with Crippen molar-refractivity contribution in [1.29, 1.82) is 0 Å². The Balaban J connectivity index is 0.00000301. The van der Waals surface area contributed by atoms with E-state index in [2.05, 4.69) is 81.4 Å². The van der Waals surface area contributed by atoms with Crippen LogP contribution < -0.4 is 0 Å². The molecule has 0 bridgehead atoms. The average Bonchev–Trinajstić information content (AvgIpc) is 2.70. The Morgan fingerprint density at radius 2 is 1.77 bits per heavy atom. The number of hydrogen-bond acceptors (Lipinski definition) is 2. The van der Waals surface area contributed by atoms with E-state index < -0.39 is 0 Å². The molecule has 0 spiro atoms. The number of rotatable bonds is 12. The van der Waals surface area contributed by atoms with Crippen molar-refractivity contribution in [3.05, 3.63) is 59.7 Å². The third kappa shape index (κ3) is 10.6. The standard InChI is InChI=1S/C20H32O2P2.C2H6/c1-3-5-14-18(21-23)15-9-7-6-8-12-17-13-10-11-16-19(17)20(4-2)22-24;1-2/h6-7,9-11,13,15-16,18,20H,3-5,8,12,14,23-24H2,1-2H3;1-2H3/b7-6-,15-9+;. The summed E-state index contributed by atoms with van der Waals surface area (Å²) in [6.07, 6.45) is 15.4. The Kier molecular flexibility index (Phi) is 17.5. The van der Waals surface area contributed by atoms with E-state index in [0.29, 0.717) is 0 Å². The zero-order valence-electron chi connectivity index (χ0n) is 17.0. The van der Waals surface area contributed by atoms with Gasteiger partial charge in [0.25, 0.3) is 0 Å². The maximum absolute atomic E-state index is 5.51. The smallest absolute Gasteiger partial charge is 0.0860 e. The molecule has 4 heteroatoms. The summed E-state index contributed by atoms with van der Waals surface area (Å²) in [6.45, 7) is 8.35. The van der Waals surface area contributed by atoms with Crippen molar-refractivity contribution in [1.82, 2.24) is 0 Å². The van der Waals surface area contributed by atoms with Gasteiger partial charge in [-0.15, -0.1) is 0 Å². The molecule has 0 N–H and O–H groups in total. The molecule has 2 nitrogen and oxygen atoms in total. The van der Waals surface area contributed by atoms with E-state index in [1.165, 1.54) is 24.0 Å². The van der Waals surface area contributed by atoms with Gasteiger partial charge in [-0.3, -0.25) is 0 Å². The van der Waals surface area contributed by atoms with Crippen LogP contribution in [0, 0.1) is 0 Å². The summed E-state index contributed by atoms with van der Waals surface area (Å²) < 4.78 is 10.9. The van der Waals surface area contributed by atoms with Crippen LogP contribution in [0.5, 0.6) is 0 Å². The number of benzene rings is 1. The predicted octanol–water partition coefficient (Wildman–Crippen LogP) is 7.38. The molecule has 26 heavy (non-hydrogen) atoms. The van der Waals surface area contributed by atoms with Gasteiger partial charge in [0.2, 0.25) is 0 Å². The molecule has 0 aliphatic heterocycles. The third-order valence-corrected chi connectivity index (χ3v) is 4.79. The second-order valence-corrected chi connectivity index (χ2v) is 6.44. The highest BCUT2D eigenvalue weighted by Gasteiger charge is 2.11. The zero-order valence-corrected chi connectivity index (χ0v) is 19.3. The molecule has 4 unspecified atom stereocenters. The van der Waals surface area contributed by atoms with E-state index >= 15 is 0 Å². The SMILES string of the molecule is CC.CCCCC(/C=C/C=C\CCc1ccccc1C(CC)OP)OP. The summed E-state index contributed by atoms with van der Waals surface area (Å²) in [5, 5.41) is 0. The lowest BCUT2D eigenvalue weighted by atomic mass is 9.97. The molecule has 0 amide bonds. The summed E-state index contributed by atoms with van der Waals surface area (Å²) >= 11 is 0. The monoisotopic (exact) mass is 396 g/mol. The van der Waals surface area contributed by atoms with Crippen molar-refractivity contribution in [2.75, 3.05) is 0 Å². The lowest BCUT2D eigenvalue weighted by Gasteiger charge is -2.17. The van der Waals surface area contributed by atoms with Gasteiger partial charge in [0, 0.05) is 18.9 Å². The van der Waals surface area contributed by atoms with Gasteiger partial charge >= 0.3 is 0 Å². The van der Waals surface area contributed by atoms with Crippen molar-refractivity contribution in [3.8, 4) is 0 Å². The molecule has 0 fully saturated rings. The molecule has 1 aromatic rings. The first kappa shape index (κ1) is 25.5. The number of hydrogen-bond donors (Lipinski definition) is 0. The first-order valence-electron chi connectivity index (χ1n) is 9.88. The van der Waals surface area contributed by atoms with Gasteiger partial charge in [-0.1, -0.05) is 89.1 Å². The Bertz CT molecular complexity index is 497. The third-order valence-electron chi connectivity index (χ3n) is 4.11. The van der Waals surface area contributed by atoms with E-state index in [-0.39, 0.29) is 12.2 Å². The minimum absolute atomic E-state index is 0.161. The van der Waals surface area contributed by atoms with Crippen LogP contribution in [-0.4, -0.2) is 6.10 Å². The lowest BCUT2D eigenvalue weighted by Crippen LogP contribution is -2.02. The average molecular weight is 396 g/mol. The Hall–Kier alpha value is -0.520. The second-order valence-electron chi connectivity index (χ2n) is 5.90. The molecule has 0 heterocycles.